The summed E-state index contributed by atoms with van der Waals surface area (Å²) in [6.45, 7) is 2.29. The summed E-state index contributed by atoms with van der Waals surface area (Å²) in [7, 11) is -2.36. The summed E-state index contributed by atoms with van der Waals surface area (Å²) in [5.41, 5.74) is 2.52. The summed E-state index contributed by atoms with van der Waals surface area (Å²) in [4.78, 5) is 4.53. The zero-order chi connectivity index (χ0) is 21.8. The maximum atomic E-state index is 13.4. The molecular formula is C24H22N2O4S. The number of anilines is 1. The number of benzene rings is 3. The topological polar surface area (TPSA) is 81.4 Å². The van der Waals surface area contributed by atoms with Gasteiger partial charge in [0.05, 0.1) is 17.6 Å². The quantitative estimate of drug-likeness (QED) is 0.436. The van der Waals surface area contributed by atoms with Gasteiger partial charge in [-0.1, -0.05) is 60.2 Å². The number of rotatable bonds is 7. The Bertz CT molecular complexity index is 1280. The van der Waals surface area contributed by atoms with E-state index in [1.165, 1.54) is 0 Å². The molecular weight excluding hydrogens is 412 g/mol. The van der Waals surface area contributed by atoms with E-state index in [4.69, 9.17) is 9.15 Å². The summed E-state index contributed by atoms with van der Waals surface area (Å²) < 4.78 is 38.1. The predicted molar refractivity (Wildman–Crippen MR) is 119 cm³/mol. The van der Waals surface area contributed by atoms with Gasteiger partial charge in [0, 0.05) is 6.54 Å². The van der Waals surface area contributed by atoms with Gasteiger partial charge in [0.15, 0.2) is 0 Å². The third kappa shape index (κ3) is 4.32. The second-order valence-corrected chi connectivity index (χ2v) is 8.87. The van der Waals surface area contributed by atoms with E-state index in [0.29, 0.717) is 17.9 Å². The minimum Gasteiger partial charge on any atom is -0.496 e. The highest BCUT2D eigenvalue weighted by atomic mass is 32.2. The first-order valence-corrected chi connectivity index (χ1v) is 11.2. The largest absolute Gasteiger partial charge is 0.496 e. The number of aryl methyl sites for hydroxylation is 1. The van der Waals surface area contributed by atoms with Crippen molar-refractivity contribution < 1.29 is 17.6 Å². The van der Waals surface area contributed by atoms with Crippen LogP contribution in [-0.4, -0.2) is 20.5 Å². The molecule has 0 atom stereocenters. The van der Waals surface area contributed by atoms with Crippen LogP contribution in [0.5, 0.6) is 5.75 Å². The molecule has 158 valence electrons. The van der Waals surface area contributed by atoms with Gasteiger partial charge in [-0.3, -0.25) is 0 Å². The number of para-hydroxylation sites is 1. The minimum absolute atomic E-state index is 0.0883. The summed E-state index contributed by atoms with van der Waals surface area (Å²) in [5.74, 6) is 0.793. The first kappa shape index (κ1) is 20.7. The molecule has 0 amide bonds. The monoisotopic (exact) mass is 434 g/mol. The van der Waals surface area contributed by atoms with Crippen LogP contribution in [0.25, 0.3) is 11.5 Å². The van der Waals surface area contributed by atoms with Crippen molar-refractivity contribution in [1.29, 1.82) is 0 Å². The molecule has 0 saturated heterocycles. The van der Waals surface area contributed by atoms with Gasteiger partial charge < -0.3 is 14.5 Å². The van der Waals surface area contributed by atoms with Crippen molar-refractivity contribution >= 4 is 15.7 Å². The smallest absolute Gasteiger partial charge is 0.234 e. The Balaban J connectivity index is 1.80. The van der Waals surface area contributed by atoms with Gasteiger partial charge >= 0.3 is 0 Å². The molecule has 0 unspecified atom stereocenters. The maximum Gasteiger partial charge on any atom is 0.234 e. The van der Waals surface area contributed by atoms with Crippen molar-refractivity contribution in [3.05, 3.63) is 90.0 Å². The number of aromatic nitrogens is 1. The minimum atomic E-state index is -3.91. The number of nitrogens with one attached hydrogen (secondary N) is 1. The normalized spacial score (nSPS) is 11.3. The van der Waals surface area contributed by atoms with E-state index in [0.717, 1.165) is 11.1 Å². The number of sulfone groups is 1. The van der Waals surface area contributed by atoms with Gasteiger partial charge in [-0.25, -0.2) is 8.42 Å². The Labute approximate surface area is 181 Å². The van der Waals surface area contributed by atoms with Crippen molar-refractivity contribution in [3.63, 3.8) is 0 Å². The molecule has 0 saturated carbocycles. The Morgan fingerprint density at radius 2 is 1.61 bits per heavy atom. The van der Waals surface area contributed by atoms with Gasteiger partial charge in [-0.2, -0.15) is 4.98 Å². The van der Waals surface area contributed by atoms with E-state index in [1.54, 1.807) is 43.5 Å². The van der Waals surface area contributed by atoms with Crippen molar-refractivity contribution in [3.8, 4) is 17.2 Å². The second-order valence-electron chi connectivity index (χ2n) is 7.01. The van der Waals surface area contributed by atoms with Gasteiger partial charge in [0.1, 0.15) is 5.75 Å². The lowest BCUT2D eigenvalue weighted by Gasteiger charge is -2.06. The molecule has 7 heteroatoms. The predicted octanol–water partition coefficient (Wildman–Crippen LogP) is 5.10. The van der Waals surface area contributed by atoms with E-state index >= 15 is 0 Å². The molecule has 3 aromatic carbocycles. The van der Waals surface area contributed by atoms with Crippen molar-refractivity contribution in [2.24, 2.45) is 0 Å². The highest BCUT2D eigenvalue weighted by Crippen LogP contribution is 2.36. The van der Waals surface area contributed by atoms with Crippen LogP contribution >= 0.6 is 0 Å². The molecule has 0 aliphatic rings. The number of hydrogen-bond donors (Lipinski definition) is 1. The Morgan fingerprint density at radius 3 is 2.32 bits per heavy atom. The van der Waals surface area contributed by atoms with E-state index < -0.39 is 9.84 Å². The standard InChI is InChI=1S/C24H22N2O4S/c1-17-12-14-19(15-13-17)31(27,28)24-23(25-16-18-8-4-3-5-9-18)30-22(26-24)20-10-6-7-11-21(20)29-2/h3-15,25H,16H2,1-2H3. The molecule has 0 aliphatic carbocycles. The zero-order valence-corrected chi connectivity index (χ0v) is 18.0. The Kier molecular flexibility index (Phi) is 5.77. The summed E-state index contributed by atoms with van der Waals surface area (Å²) in [5, 5.41) is 2.94. The van der Waals surface area contributed by atoms with E-state index in [-0.39, 0.29) is 21.7 Å². The maximum absolute atomic E-state index is 13.4. The van der Waals surface area contributed by atoms with Crippen LogP contribution < -0.4 is 10.1 Å². The first-order chi connectivity index (χ1) is 15.0. The zero-order valence-electron chi connectivity index (χ0n) is 17.2. The molecule has 0 bridgehead atoms. The summed E-state index contributed by atoms with van der Waals surface area (Å²) in [6.07, 6.45) is 0. The lowest BCUT2D eigenvalue weighted by Crippen LogP contribution is -2.07. The van der Waals surface area contributed by atoms with Crippen LogP contribution in [0.2, 0.25) is 0 Å². The lowest BCUT2D eigenvalue weighted by atomic mass is 10.2. The molecule has 6 nitrogen and oxygen atoms in total. The van der Waals surface area contributed by atoms with Crippen LogP contribution in [0.15, 0.2) is 93.2 Å². The third-order valence-electron chi connectivity index (χ3n) is 4.82. The van der Waals surface area contributed by atoms with E-state index in [1.807, 2.05) is 49.4 Å². The van der Waals surface area contributed by atoms with Crippen LogP contribution in [0, 0.1) is 6.92 Å². The van der Waals surface area contributed by atoms with Gasteiger partial charge in [0.25, 0.3) is 0 Å². The number of oxazole rings is 1. The van der Waals surface area contributed by atoms with Gasteiger partial charge in [-0.05, 0) is 36.8 Å². The van der Waals surface area contributed by atoms with Crippen molar-refractivity contribution in [2.75, 3.05) is 12.4 Å². The average molecular weight is 435 g/mol. The summed E-state index contributed by atoms with van der Waals surface area (Å²) in [6, 6.07) is 23.5. The van der Waals surface area contributed by atoms with Crippen LogP contribution in [0.1, 0.15) is 11.1 Å². The van der Waals surface area contributed by atoms with Crippen LogP contribution in [0.4, 0.5) is 5.88 Å². The Hall–Kier alpha value is -3.58. The second kappa shape index (κ2) is 8.65. The fourth-order valence-corrected chi connectivity index (χ4v) is 4.42. The fourth-order valence-electron chi connectivity index (χ4n) is 3.14. The van der Waals surface area contributed by atoms with E-state index in [2.05, 4.69) is 10.3 Å². The average Bonchev–Trinajstić information content (AvgIpc) is 3.24. The number of hydrogen-bond acceptors (Lipinski definition) is 6. The number of nitrogens with zero attached hydrogens (tertiary/aromatic N) is 1. The third-order valence-corrected chi connectivity index (χ3v) is 6.49. The molecule has 1 N–H and O–H groups in total. The molecule has 31 heavy (non-hydrogen) atoms. The molecule has 4 aromatic rings. The highest BCUT2D eigenvalue weighted by Gasteiger charge is 2.29. The first-order valence-electron chi connectivity index (χ1n) is 9.73. The highest BCUT2D eigenvalue weighted by molar-refractivity contribution is 7.91. The molecule has 0 aliphatic heterocycles. The lowest BCUT2D eigenvalue weighted by molar-refractivity contribution is 0.414. The molecule has 0 fully saturated rings. The van der Waals surface area contributed by atoms with Gasteiger partial charge in [-0.15, -0.1) is 0 Å². The number of ether oxygens (including phenoxy) is 1. The van der Waals surface area contributed by atoms with Crippen LogP contribution in [0.3, 0.4) is 0 Å². The van der Waals surface area contributed by atoms with Crippen LogP contribution in [-0.2, 0) is 16.4 Å². The molecule has 4 rings (SSSR count). The SMILES string of the molecule is COc1ccccc1-c1nc(S(=O)(=O)c2ccc(C)cc2)c(NCc2ccccc2)o1. The van der Waals surface area contributed by atoms with E-state index in [9.17, 15) is 8.42 Å². The Morgan fingerprint density at radius 1 is 0.935 bits per heavy atom. The summed E-state index contributed by atoms with van der Waals surface area (Å²) >= 11 is 0. The molecule has 0 spiro atoms. The van der Waals surface area contributed by atoms with Crippen molar-refractivity contribution in [1.82, 2.24) is 4.98 Å². The van der Waals surface area contributed by atoms with Crippen molar-refractivity contribution in [2.45, 2.75) is 23.4 Å². The molecule has 0 radical (unpaired) electrons. The molecule has 1 heterocycles. The number of methoxy groups -OCH3 is 1. The fraction of sp³-hybridized carbons (Fsp3) is 0.125. The molecule has 1 aromatic heterocycles. The van der Waals surface area contributed by atoms with Gasteiger partial charge in [0.2, 0.25) is 26.6 Å².